The number of carbonyl (C=O) groups excluding carboxylic acids is 1. The summed E-state index contributed by atoms with van der Waals surface area (Å²) in [6, 6.07) is 15.5. The van der Waals surface area contributed by atoms with Crippen molar-refractivity contribution in [2.45, 2.75) is 19.4 Å². The summed E-state index contributed by atoms with van der Waals surface area (Å²) in [5.74, 6) is 0.914. The van der Waals surface area contributed by atoms with Gasteiger partial charge in [0.05, 0.1) is 6.20 Å². The van der Waals surface area contributed by atoms with Crippen LogP contribution in [-0.4, -0.2) is 39.0 Å². The van der Waals surface area contributed by atoms with E-state index in [1.807, 2.05) is 48.7 Å². The summed E-state index contributed by atoms with van der Waals surface area (Å²) in [7, 11) is 0. The van der Waals surface area contributed by atoms with Crippen molar-refractivity contribution < 1.29 is 9.21 Å². The summed E-state index contributed by atoms with van der Waals surface area (Å²) >= 11 is 0. The third kappa shape index (κ3) is 3.59. The van der Waals surface area contributed by atoms with Gasteiger partial charge in [0.2, 0.25) is 0 Å². The van der Waals surface area contributed by atoms with Gasteiger partial charge in [-0.25, -0.2) is 0 Å². The van der Waals surface area contributed by atoms with Gasteiger partial charge in [-0.1, -0.05) is 24.3 Å². The number of likely N-dealkylation sites (tertiary alicyclic amines) is 1. The van der Waals surface area contributed by atoms with E-state index in [1.54, 1.807) is 12.3 Å². The molecule has 1 aromatic carbocycles. The number of Topliss-reactive ketones (excluding diaryl/α,β-unsaturated/α-hetero) is 1. The van der Waals surface area contributed by atoms with Crippen molar-refractivity contribution in [2.24, 2.45) is 5.92 Å². The number of H-pyrrole nitrogens is 1. The molecule has 0 aliphatic carbocycles. The lowest BCUT2D eigenvalue weighted by atomic mass is 9.91. The van der Waals surface area contributed by atoms with Crippen molar-refractivity contribution in [3.05, 3.63) is 72.2 Å². The minimum Gasteiger partial charge on any atom is -0.454 e. The van der Waals surface area contributed by atoms with E-state index in [1.165, 1.54) is 0 Å². The van der Waals surface area contributed by atoms with E-state index in [0.717, 1.165) is 60.5 Å². The van der Waals surface area contributed by atoms with Crippen molar-refractivity contribution in [3.63, 3.8) is 0 Å². The Labute approximate surface area is 168 Å². The lowest BCUT2D eigenvalue weighted by Crippen LogP contribution is -2.38. The number of piperidine rings is 1. The quantitative estimate of drug-likeness (QED) is 0.517. The third-order valence-corrected chi connectivity index (χ3v) is 5.58. The number of aromatic amines is 1. The zero-order valence-electron chi connectivity index (χ0n) is 16.0. The molecule has 0 unspecified atom stereocenters. The highest BCUT2D eigenvalue weighted by molar-refractivity contribution is 5.96. The largest absolute Gasteiger partial charge is 0.454 e. The van der Waals surface area contributed by atoms with E-state index in [0.29, 0.717) is 5.69 Å². The zero-order chi connectivity index (χ0) is 19.6. The van der Waals surface area contributed by atoms with Crippen molar-refractivity contribution in [1.82, 2.24) is 20.1 Å². The zero-order valence-corrected chi connectivity index (χ0v) is 16.0. The monoisotopic (exact) mass is 386 g/mol. The van der Waals surface area contributed by atoms with E-state index < -0.39 is 0 Å². The molecule has 4 heterocycles. The molecule has 1 fully saturated rings. The molecule has 29 heavy (non-hydrogen) atoms. The molecule has 1 aliphatic heterocycles. The van der Waals surface area contributed by atoms with Crippen LogP contribution in [0.1, 0.15) is 28.9 Å². The molecule has 1 N–H and O–H groups in total. The second kappa shape index (κ2) is 7.64. The van der Waals surface area contributed by atoms with Crippen LogP contribution in [0, 0.1) is 5.92 Å². The molecule has 1 aliphatic rings. The Hall–Kier alpha value is -3.25. The second-order valence-electron chi connectivity index (χ2n) is 7.57. The number of hydrogen-bond donors (Lipinski definition) is 1. The Bertz CT molecular complexity index is 1100. The van der Waals surface area contributed by atoms with Gasteiger partial charge < -0.3 is 4.42 Å². The molecule has 0 radical (unpaired) electrons. The SMILES string of the molecule is O=C(c1ccccn1)[C@@H]1CCCN(Cc2cn[nH]c2-c2cc3ccccc3o2)C1. The summed E-state index contributed by atoms with van der Waals surface area (Å²) in [5, 5.41) is 8.40. The first kappa shape index (κ1) is 17.8. The molecule has 0 amide bonds. The van der Waals surface area contributed by atoms with E-state index >= 15 is 0 Å². The van der Waals surface area contributed by atoms with Gasteiger partial charge in [-0.15, -0.1) is 0 Å². The smallest absolute Gasteiger partial charge is 0.185 e. The van der Waals surface area contributed by atoms with E-state index in [4.69, 9.17) is 4.42 Å². The fourth-order valence-electron chi connectivity index (χ4n) is 4.12. The maximum Gasteiger partial charge on any atom is 0.185 e. The molecule has 0 spiro atoms. The highest BCUT2D eigenvalue weighted by Crippen LogP contribution is 2.30. The number of rotatable bonds is 5. The summed E-state index contributed by atoms with van der Waals surface area (Å²) in [4.78, 5) is 19.4. The van der Waals surface area contributed by atoms with Gasteiger partial charge >= 0.3 is 0 Å². The van der Waals surface area contributed by atoms with Crippen molar-refractivity contribution in [1.29, 1.82) is 0 Å². The Morgan fingerprint density at radius 1 is 1.21 bits per heavy atom. The number of nitrogens with zero attached hydrogens (tertiary/aromatic N) is 3. The standard InChI is InChI=1S/C23H22N4O2/c28-23(19-8-3-4-10-24-19)17-7-5-11-27(14-17)15-18-13-25-26-22(18)21-12-16-6-1-2-9-20(16)29-21/h1-4,6,8-10,12-13,17H,5,7,11,14-15H2,(H,25,26)/t17-/m1/s1. The molecule has 1 atom stereocenters. The molecule has 3 aromatic heterocycles. The van der Waals surface area contributed by atoms with Gasteiger partial charge in [0.25, 0.3) is 0 Å². The first-order valence-electron chi connectivity index (χ1n) is 9.97. The van der Waals surface area contributed by atoms with Gasteiger partial charge in [-0.05, 0) is 43.7 Å². The summed E-state index contributed by atoms with van der Waals surface area (Å²) in [5.41, 5.74) is 3.40. The highest BCUT2D eigenvalue weighted by atomic mass is 16.3. The Morgan fingerprint density at radius 2 is 2.10 bits per heavy atom. The van der Waals surface area contributed by atoms with Crippen LogP contribution in [0.25, 0.3) is 22.4 Å². The van der Waals surface area contributed by atoms with Crippen LogP contribution in [-0.2, 0) is 6.54 Å². The number of furan rings is 1. The second-order valence-corrected chi connectivity index (χ2v) is 7.57. The Morgan fingerprint density at radius 3 is 2.97 bits per heavy atom. The minimum absolute atomic E-state index is 0.0137. The predicted octanol–water partition coefficient (Wildman–Crippen LogP) is 4.31. The normalized spacial score (nSPS) is 17.6. The first-order valence-corrected chi connectivity index (χ1v) is 9.97. The number of pyridine rings is 1. The third-order valence-electron chi connectivity index (χ3n) is 5.58. The molecule has 146 valence electrons. The number of fused-ring (bicyclic) bond motifs is 1. The number of para-hydroxylation sites is 1. The molecule has 6 heteroatoms. The molecule has 5 rings (SSSR count). The number of aromatic nitrogens is 3. The predicted molar refractivity (Wildman–Crippen MR) is 110 cm³/mol. The van der Waals surface area contributed by atoms with Gasteiger partial charge in [0.1, 0.15) is 17.0 Å². The fraction of sp³-hybridized carbons (Fsp3) is 0.261. The highest BCUT2D eigenvalue weighted by Gasteiger charge is 2.28. The van der Waals surface area contributed by atoms with Crippen LogP contribution in [0.3, 0.4) is 0 Å². The van der Waals surface area contributed by atoms with Gasteiger partial charge in [0.15, 0.2) is 11.5 Å². The lowest BCUT2D eigenvalue weighted by Gasteiger charge is -2.31. The van der Waals surface area contributed by atoms with Gasteiger partial charge in [-0.2, -0.15) is 5.10 Å². The maximum atomic E-state index is 12.8. The molecular formula is C23H22N4O2. The number of nitrogens with one attached hydrogen (secondary N) is 1. The first-order chi connectivity index (χ1) is 14.3. The Balaban J connectivity index is 1.33. The molecule has 4 aromatic rings. The van der Waals surface area contributed by atoms with Crippen molar-refractivity contribution in [2.75, 3.05) is 13.1 Å². The summed E-state index contributed by atoms with van der Waals surface area (Å²) < 4.78 is 6.01. The van der Waals surface area contributed by atoms with Crippen LogP contribution in [0.4, 0.5) is 0 Å². The Kier molecular flexibility index (Phi) is 4.69. The van der Waals surface area contributed by atoms with Crippen LogP contribution in [0.2, 0.25) is 0 Å². The van der Waals surface area contributed by atoms with E-state index in [9.17, 15) is 4.79 Å². The number of hydrogen-bond acceptors (Lipinski definition) is 5. The molecule has 6 nitrogen and oxygen atoms in total. The topological polar surface area (TPSA) is 75.0 Å². The molecule has 0 bridgehead atoms. The van der Waals surface area contributed by atoms with Crippen LogP contribution in [0.5, 0.6) is 0 Å². The molecule has 0 saturated carbocycles. The summed E-state index contributed by atoms with van der Waals surface area (Å²) in [6.45, 7) is 2.44. The fourth-order valence-corrected chi connectivity index (χ4v) is 4.12. The van der Waals surface area contributed by atoms with Gasteiger partial charge in [-0.3, -0.25) is 19.8 Å². The number of benzene rings is 1. The summed E-state index contributed by atoms with van der Waals surface area (Å²) in [6.07, 6.45) is 5.44. The number of carbonyl (C=O) groups is 1. The lowest BCUT2D eigenvalue weighted by molar-refractivity contribution is 0.0806. The molecule has 1 saturated heterocycles. The van der Waals surface area contributed by atoms with E-state index in [2.05, 4.69) is 20.1 Å². The van der Waals surface area contributed by atoms with Crippen molar-refractivity contribution >= 4 is 16.8 Å². The average molecular weight is 386 g/mol. The van der Waals surface area contributed by atoms with Crippen LogP contribution in [0.15, 0.2) is 65.3 Å². The minimum atomic E-state index is -0.0137. The number of ketones is 1. The van der Waals surface area contributed by atoms with Crippen LogP contribution < -0.4 is 0 Å². The van der Waals surface area contributed by atoms with Crippen LogP contribution >= 0.6 is 0 Å². The maximum absolute atomic E-state index is 12.8. The van der Waals surface area contributed by atoms with Gasteiger partial charge in [0, 0.05) is 36.2 Å². The average Bonchev–Trinajstić information content (AvgIpc) is 3.40. The van der Waals surface area contributed by atoms with Crippen molar-refractivity contribution in [3.8, 4) is 11.5 Å². The van der Waals surface area contributed by atoms with E-state index in [-0.39, 0.29) is 11.7 Å². The molecular weight excluding hydrogens is 364 g/mol.